The molecule has 122 valence electrons. The number of carbonyl (C=O) groups is 2. The Morgan fingerprint density at radius 2 is 2.17 bits per heavy atom. The maximum Gasteiger partial charge on any atom is 0.341 e. The number of methoxy groups -OCH3 is 1. The Balaban J connectivity index is 1.89. The lowest BCUT2D eigenvalue weighted by Gasteiger charge is -2.54. The molecule has 0 aromatic carbocycles. The number of rotatable bonds is 1. The number of ether oxygens (including phenoxy) is 1. The number of esters is 1. The predicted octanol–water partition coefficient (Wildman–Crippen LogP) is 3.76. The zero-order valence-corrected chi connectivity index (χ0v) is 14.0. The van der Waals surface area contributed by atoms with Crippen LogP contribution >= 0.6 is 0 Å². The summed E-state index contributed by atoms with van der Waals surface area (Å²) < 4.78 is 4.90. The Morgan fingerprint density at radius 3 is 2.91 bits per heavy atom. The largest absolute Gasteiger partial charge is 0.465 e. The molecule has 4 atom stereocenters. The second-order valence-corrected chi connectivity index (χ2v) is 8.05. The fourth-order valence-electron chi connectivity index (χ4n) is 5.94. The summed E-state index contributed by atoms with van der Waals surface area (Å²) in [4.78, 5) is 24.5. The molecular weight excluding hydrogens is 288 g/mol. The van der Waals surface area contributed by atoms with Gasteiger partial charge in [-0.15, -0.1) is 0 Å². The van der Waals surface area contributed by atoms with Crippen molar-refractivity contribution in [2.75, 3.05) is 7.11 Å². The predicted molar refractivity (Wildman–Crippen MR) is 87.6 cm³/mol. The molecule has 0 radical (unpaired) electrons. The van der Waals surface area contributed by atoms with E-state index in [1.165, 1.54) is 25.5 Å². The lowest BCUT2D eigenvalue weighted by Crippen LogP contribution is -2.47. The van der Waals surface area contributed by atoms with Gasteiger partial charge in [-0.1, -0.05) is 31.2 Å². The zero-order chi connectivity index (χ0) is 16.4. The van der Waals surface area contributed by atoms with Crippen molar-refractivity contribution >= 4 is 11.8 Å². The van der Waals surface area contributed by atoms with Gasteiger partial charge in [-0.05, 0) is 60.3 Å². The number of hydrogen-bond donors (Lipinski definition) is 0. The summed E-state index contributed by atoms with van der Waals surface area (Å²) in [5.41, 5.74) is 2.72. The van der Waals surface area contributed by atoms with E-state index in [4.69, 9.17) is 4.74 Å². The molecule has 4 unspecified atom stereocenters. The van der Waals surface area contributed by atoms with Gasteiger partial charge < -0.3 is 4.74 Å². The van der Waals surface area contributed by atoms with Crippen LogP contribution < -0.4 is 0 Å². The molecule has 0 aromatic rings. The number of fused-ring (bicyclic) bond motifs is 3. The molecule has 0 aromatic heterocycles. The minimum Gasteiger partial charge on any atom is -0.465 e. The van der Waals surface area contributed by atoms with Crippen LogP contribution in [0.5, 0.6) is 0 Å². The van der Waals surface area contributed by atoms with Crippen LogP contribution in [0.1, 0.15) is 45.4 Å². The van der Waals surface area contributed by atoms with Gasteiger partial charge in [-0.25, -0.2) is 4.79 Å². The molecule has 0 amide bonds. The summed E-state index contributed by atoms with van der Waals surface area (Å²) in [5.74, 6) is 0.629. The van der Waals surface area contributed by atoms with Crippen molar-refractivity contribution in [3.63, 3.8) is 0 Å². The summed E-state index contributed by atoms with van der Waals surface area (Å²) in [5, 5.41) is 0. The second-order valence-electron chi connectivity index (χ2n) is 8.05. The Bertz CT molecular complexity index is 683. The molecule has 0 heterocycles. The Kier molecular flexibility index (Phi) is 3.04. The zero-order valence-electron chi connectivity index (χ0n) is 14.0. The molecule has 0 aliphatic heterocycles. The first-order valence-corrected chi connectivity index (χ1v) is 8.64. The van der Waals surface area contributed by atoms with E-state index in [1.54, 1.807) is 0 Å². The van der Waals surface area contributed by atoms with E-state index in [-0.39, 0.29) is 16.6 Å². The average molecular weight is 312 g/mol. The van der Waals surface area contributed by atoms with Crippen molar-refractivity contribution < 1.29 is 14.3 Å². The third-order valence-electron chi connectivity index (χ3n) is 7.03. The van der Waals surface area contributed by atoms with Crippen LogP contribution in [0.15, 0.2) is 35.5 Å². The number of ketones is 1. The third kappa shape index (κ3) is 1.82. The molecule has 4 aliphatic carbocycles. The van der Waals surface area contributed by atoms with Crippen LogP contribution in [0.25, 0.3) is 0 Å². The number of hydrogen-bond acceptors (Lipinski definition) is 3. The van der Waals surface area contributed by atoms with Gasteiger partial charge in [-0.3, -0.25) is 4.79 Å². The van der Waals surface area contributed by atoms with Crippen molar-refractivity contribution in [3.05, 3.63) is 35.5 Å². The molecule has 23 heavy (non-hydrogen) atoms. The van der Waals surface area contributed by atoms with Gasteiger partial charge in [-0.2, -0.15) is 0 Å². The van der Waals surface area contributed by atoms with E-state index in [9.17, 15) is 9.59 Å². The molecule has 2 saturated carbocycles. The molecule has 2 fully saturated rings. The van der Waals surface area contributed by atoms with E-state index in [0.717, 1.165) is 24.8 Å². The van der Waals surface area contributed by atoms with Crippen LogP contribution in [-0.2, 0) is 14.3 Å². The van der Waals surface area contributed by atoms with Crippen LogP contribution in [0.3, 0.4) is 0 Å². The fourth-order valence-corrected chi connectivity index (χ4v) is 5.94. The first kappa shape index (κ1) is 14.9. The van der Waals surface area contributed by atoms with Crippen molar-refractivity contribution in [3.8, 4) is 0 Å². The molecule has 4 aliphatic rings. The molecule has 4 rings (SSSR count). The first-order valence-electron chi connectivity index (χ1n) is 8.64. The van der Waals surface area contributed by atoms with Crippen molar-refractivity contribution in [1.29, 1.82) is 0 Å². The maximum atomic E-state index is 12.4. The summed E-state index contributed by atoms with van der Waals surface area (Å²) >= 11 is 0. The maximum absolute atomic E-state index is 12.4. The highest BCUT2D eigenvalue weighted by Crippen LogP contribution is 2.67. The number of Topliss-reactive ketones (excluding diaryl/α,β-unsaturated/α-hetero) is 1. The summed E-state index contributed by atoms with van der Waals surface area (Å²) in [7, 11) is 1.36. The van der Waals surface area contributed by atoms with E-state index < -0.39 is 5.97 Å². The van der Waals surface area contributed by atoms with E-state index in [0.29, 0.717) is 23.8 Å². The Morgan fingerprint density at radius 1 is 1.39 bits per heavy atom. The van der Waals surface area contributed by atoms with Crippen LogP contribution in [0.4, 0.5) is 0 Å². The normalized spacial score (nSPS) is 41.7. The van der Waals surface area contributed by atoms with E-state index in [1.807, 2.05) is 0 Å². The highest BCUT2D eigenvalue weighted by molar-refractivity contribution is 6.19. The number of allylic oxidation sites excluding steroid dienone is 4. The number of carbonyl (C=O) groups excluding carboxylic acids is 2. The molecule has 0 saturated heterocycles. The molecule has 2 bridgehead atoms. The van der Waals surface area contributed by atoms with Crippen molar-refractivity contribution in [2.24, 2.45) is 22.7 Å². The fraction of sp³-hybridized carbons (Fsp3) is 0.600. The van der Waals surface area contributed by atoms with Crippen LogP contribution in [0, 0.1) is 22.7 Å². The lowest BCUT2D eigenvalue weighted by molar-refractivity contribution is -0.138. The van der Waals surface area contributed by atoms with E-state index >= 15 is 0 Å². The summed E-state index contributed by atoms with van der Waals surface area (Å²) in [6.45, 7) is 6.56. The molecule has 0 N–H and O–H groups in total. The van der Waals surface area contributed by atoms with Gasteiger partial charge in [0.05, 0.1) is 7.11 Å². The van der Waals surface area contributed by atoms with E-state index in [2.05, 4.69) is 25.7 Å². The van der Waals surface area contributed by atoms with Gasteiger partial charge in [0.25, 0.3) is 0 Å². The highest BCUT2D eigenvalue weighted by atomic mass is 16.5. The second kappa shape index (κ2) is 4.68. The standard InChI is InChI=1S/C20H24O3/c1-12-10-20-9-6-14-17(18(22)23-3)15(21)7-8-19(14,2)16(20)5-4-13(12)11-20/h6,9,13,16H,1,4-5,7-8,10-11H2,2-3H3. The third-order valence-corrected chi connectivity index (χ3v) is 7.03. The van der Waals surface area contributed by atoms with Gasteiger partial charge in [0.1, 0.15) is 5.57 Å². The SMILES string of the molecule is C=C1CC23C=CC4=C(C(=O)OC)C(=O)CCC4(C)C2CCC1C3. The Labute approximate surface area is 137 Å². The van der Waals surface area contributed by atoms with Gasteiger partial charge in [0.15, 0.2) is 5.78 Å². The average Bonchev–Trinajstić information content (AvgIpc) is 2.77. The Hall–Kier alpha value is -1.64. The topological polar surface area (TPSA) is 43.4 Å². The molecule has 3 nitrogen and oxygen atoms in total. The summed E-state index contributed by atoms with van der Waals surface area (Å²) in [6, 6.07) is 0. The highest BCUT2D eigenvalue weighted by Gasteiger charge is 2.58. The van der Waals surface area contributed by atoms with Crippen molar-refractivity contribution in [1.82, 2.24) is 0 Å². The smallest absolute Gasteiger partial charge is 0.341 e. The minimum atomic E-state index is -0.471. The monoisotopic (exact) mass is 312 g/mol. The molecular formula is C20H24O3. The van der Waals surface area contributed by atoms with Gasteiger partial charge in [0.2, 0.25) is 0 Å². The molecule has 3 heteroatoms. The minimum absolute atomic E-state index is 0.0607. The first-order chi connectivity index (χ1) is 10.9. The summed E-state index contributed by atoms with van der Waals surface area (Å²) in [6.07, 6.45) is 10.3. The van der Waals surface area contributed by atoms with Gasteiger partial charge in [0, 0.05) is 6.42 Å². The van der Waals surface area contributed by atoms with Crippen LogP contribution in [-0.4, -0.2) is 18.9 Å². The van der Waals surface area contributed by atoms with Crippen molar-refractivity contribution in [2.45, 2.75) is 45.4 Å². The quantitative estimate of drug-likeness (QED) is 0.421. The van der Waals surface area contributed by atoms with Crippen LogP contribution in [0.2, 0.25) is 0 Å². The molecule has 1 spiro atoms. The van der Waals surface area contributed by atoms with Gasteiger partial charge >= 0.3 is 5.97 Å². The lowest BCUT2D eigenvalue weighted by atomic mass is 9.49.